The van der Waals surface area contributed by atoms with Gasteiger partial charge in [-0.25, -0.2) is 9.38 Å². The molecule has 0 bridgehead atoms. The molecule has 2 aromatic heterocycles. The van der Waals surface area contributed by atoms with Gasteiger partial charge in [-0.3, -0.25) is 0 Å². The highest BCUT2D eigenvalue weighted by Gasteiger charge is 2.22. The number of hydrogen-bond acceptors (Lipinski definition) is 6. The van der Waals surface area contributed by atoms with Gasteiger partial charge in [0.2, 0.25) is 5.95 Å². The maximum atomic E-state index is 5.29. The summed E-state index contributed by atoms with van der Waals surface area (Å²) in [7, 11) is 1.67. The van der Waals surface area contributed by atoms with Crippen LogP contribution >= 0.6 is 0 Å². The smallest absolute Gasteiger partial charge is 0.213 e. The van der Waals surface area contributed by atoms with Crippen molar-refractivity contribution in [1.29, 1.82) is 0 Å². The van der Waals surface area contributed by atoms with Crippen molar-refractivity contribution in [3.8, 4) is 0 Å². The first kappa shape index (κ1) is 14.3. The fraction of sp³-hybridized carbons (Fsp3) is 0.438. The Hall–Kier alpha value is -2.25. The number of hydrogen-bond donors (Lipinski definition) is 1. The van der Waals surface area contributed by atoms with Crippen molar-refractivity contribution in [1.82, 2.24) is 24.9 Å². The van der Waals surface area contributed by atoms with Crippen LogP contribution in [0.2, 0.25) is 0 Å². The molecule has 3 aromatic rings. The summed E-state index contributed by atoms with van der Waals surface area (Å²) in [6.45, 7) is 5.36. The van der Waals surface area contributed by atoms with E-state index in [1.54, 1.807) is 7.11 Å². The van der Waals surface area contributed by atoms with Crippen molar-refractivity contribution in [3.63, 3.8) is 0 Å². The van der Waals surface area contributed by atoms with Crippen LogP contribution in [0.5, 0.6) is 0 Å². The van der Waals surface area contributed by atoms with Crippen molar-refractivity contribution < 1.29 is 4.74 Å². The largest absolute Gasteiger partial charge is 0.377 e. The standard InChI is InChI=1S/C16H20N6O/c1-11-9-21(8-7-17-11)16-18-13-6-4-3-5-12(13)15-20-19-14(10-23-2)22(15)16/h3-6,11,17H,7-10H2,1-2H3. The summed E-state index contributed by atoms with van der Waals surface area (Å²) >= 11 is 0. The number of piperazine rings is 1. The Kier molecular flexibility index (Phi) is 3.59. The van der Waals surface area contributed by atoms with Crippen LogP contribution in [-0.4, -0.2) is 52.4 Å². The summed E-state index contributed by atoms with van der Waals surface area (Å²) in [5, 5.41) is 13.2. The second-order valence-electron chi connectivity index (χ2n) is 5.94. The van der Waals surface area contributed by atoms with E-state index in [1.165, 1.54) is 0 Å². The molecule has 1 fully saturated rings. The molecular weight excluding hydrogens is 292 g/mol. The van der Waals surface area contributed by atoms with Gasteiger partial charge in [0.25, 0.3) is 0 Å². The van der Waals surface area contributed by atoms with E-state index < -0.39 is 0 Å². The van der Waals surface area contributed by atoms with Gasteiger partial charge in [-0.2, -0.15) is 0 Å². The molecule has 0 spiro atoms. The van der Waals surface area contributed by atoms with Gasteiger partial charge < -0.3 is 15.0 Å². The second-order valence-corrected chi connectivity index (χ2v) is 5.94. The van der Waals surface area contributed by atoms with E-state index in [1.807, 2.05) is 28.7 Å². The SMILES string of the molecule is COCc1nnc2c3ccccc3nc(N3CCNC(C)C3)n12. The van der Waals surface area contributed by atoms with Crippen molar-refractivity contribution in [2.75, 3.05) is 31.6 Å². The van der Waals surface area contributed by atoms with Crippen LogP contribution in [-0.2, 0) is 11.3 Å². The molecule has 3 heterocycles. The van der Waals surface area contributed by atoms with E-state index in [2.05, 4.69) is 27.3 Å². The molecule has 0 radical (unpaired) electrons. The van der Waals surface area contributed by atoms with Crippen LogP contribution in [0.25, 0.3) is 16.6 Å². The third-order valence-electron chi connectivity index (χ3n) is 4.22. The molecule has 1 N–H and O–H groups in total. The van der Waals surface area contributed by atoms with Crippen LogP contribution < -0.4 is 10.2 Å². The van der Waals surface area contributed by atoms with Gasteiger partial charge in [-0.05, 0) is 19.1 Å². The molecule has 23 heavy (non-hydrogen) atoms. The zero-order chi connectivity index (χ0) is 15.8. The first-order valence-corrected chi connectivity index (χ1v) is 7.88. The van der Waals surface area contributed by atoms with Gasteiger partial charge in [-0.1, -0.05) is 12.1 Å². The highest BCUT2D eigenvalue weighted by atomic mass is 16.5. The van der Waals surface area contributed by atoms with E-state index in [0.717, 1.165) is 48.0 Å². The minimum absolute atomic E-state index is 0.413. The summed E-state index contributed by atoms with van der Waals surface area (Å²) in [4.78, 5) is 7.20. The van der Waals surface area contributed by atoms with Gasteiger partial charge in [0.05, 0.1) is 5.52 Å². The maximum absolute atomic E-state index is 5.29. The van der Waals surface area contributed by atoms with Gasteiger partial charge in [0.15, 0.2) is 11.5 Å². The average molecular weight is 312 g/mol. The summed E-state index contributed by atoms with van der Waals surface area (Å²) in [5.41, 5.74) is 1.78. The number of methoxy groups -OCH3 is 1. The molecule has 1 aliphatic heterocycles. The monoisotopic (exact) mass is 312 g/mol. The van der Waals surface area contributed by atoms with E-state index in [-0.39, 0.29) is 0 Å². The number of ether oxygens (including phenoxy) is 1. The van der Waals surface area contributed by atoms with E-state index in [9.17, 15) is 0 Å². The summed E-state index contributed by atoms with van der Waals surface area (Å²) in [6, 6.07) is 8.49. The number of anilines is 1. The lowest BCUT2D eigenvalue weighted by Crippen LogP contribution is -2.50. The molecule has 0 amide bonds. The lowest BCUT2D eigenvalue weighted by Gasteiger charge is -2.33. The predicted octanol–water partition coefficient (Wildman–Crippen LogP) is 1.22. The Morgan fingerprint density at radius 3 is 3.00 bits per heavy atom. The molecule has 1 atom stereocenters. The van der Waals surface area contributed by atoms with Gasteiger partial charge >= 0.3 is 0 Å². The molecule has 1 aromatic carbocycles. The number of benzene rings is 1. The molecule has 1 aliphatic rings. The highest BCUT2D eigenvalue weighted by Crippen LogP contribution is 2.24. The summed E-state index contributed by atoms with van der Waals surface area (Å²) in [6.07, 6.45) is 0. The highest BCUT2D eigenvalue weighted by molar-refractivity contribution is 5.92. The minimum Gasteiger partial charge on any atom is -0.377 e. The van der Waals surface area contributed by atoms with Crippen LogP contribution in [0.15, 0.2) is 24.3 Å². The molecule has 0 saturated carbocycles. The molecule has 7 heteroatoms. The number of nitrogens with one attached hydrogen (secondary N) is 1. The van der Waals surface area contributed by atoms with E-state index >= 15 is 0 Å². The number of aromatic nitrogens is 4. The zero-order valence-electron chi connectivity index (χ0n) is 13.4. The summed E-state index contributed by atoms with van der Waals surface area (Å²) < 4.78 is 7.32. The Bertz CT molecular complexity index is 845. The zero-order valence-corrected chi connectivity index (χ0v) is 13.4. The Morgan fingerprint density at radius 2 is 2.17 bits per heavy atom. The molecule has 1 saturated heterocycles. The fourth-order valence-electron chi connectivity index (χ4n) is 3.17. The lowest BCUT2D eigenvalue weighted by molar-refractivity contribution is 0.177. The predicted molar refractivity (Wildman–Crippen MR) is 88.7 cm³/mol. The molecule has 120 valence electrons. The number of rotatable bonds is 3. The third kappa shape index (κ3) is 2.42. The quantitative estimate of drug-likeness (QED) is 0.784. The van der Waals surface area contributed by atoms with E-state index in [0.29, 0.717) is 12.6 Å². The Morgan fingerprint density at radius 1 is 1.30 bits per heavy atom. The average Bonchev–Trinajstić information content (AvgIpc) is 2.99. The normalized spacial score (nSPS) is 18.9. The Balaban J connectivity index is 1.96. The van der Waals surface area contributed by atoms with E-state index in [4.69, 9.17) is 9.72 Å². The van der Waals surface area contributed by atoms with Crippen LogP contribution in [0, 0.1) is 0 Å². The topological polar surface area (TPSA) is 67.6 Å². The Labute approximate surface area is 134 Å². The molecule has 0 aliphatic carbocycles. The van der Waals surface area contributed by atoms with Crippen molar-refractivity contribution in [2.24, 2.45) is 0 Å². The van der Waals surface area contributed by atoms with Gasteiger partial charge in [0.1, 0.15) is 6.61 Å². The van der Waals surface area contributed by atoms with Crippen molar-refractivity contribution in [2.45, 2.75) is 19.6 Å². The molecule has 1 unspecified atom stereocenters. The fourth-order valence-corrected chi connectivity index (χ4v) is 3.17. The van der Waals surface area contributed by atoms with Crippen molar-refractivity contribution >= 4 is 22.5 Å². The number of fused-ring (bicyclic) bond motifs is 3. The van der Waals surface area contributed by atoms with Crippen LogP contribution in [0.4, 0.5) is 5.95 Å². The third-order valence-corrected chi connectivity index (χ3v) is 4.22. The first-order valence-electron chi connectivity index (χ1n) is 7.88. The molecular formula is C16H20N6O. The molecule has 4 rings (SSSR count). The van der Waals surface area contributed by atoms with Gasteiger partial charge in [-0.15, -0.1) is 10.2 Å². The lowest BCUT2D eigenvalue weighted by atomic mass is 10.2. The first-order chi connectivity index (χ1) is 11.3. The van der Waals surface area contributed by atoms with Crippen LogP contribution in [0.1, 0.15) is 12.7 Å². The second kappa shape index (κ2) is 5.75. The minimum atomic E-state index is 0.413. The maximum Gasteiger partial charge on any atom is 0.213 e. The van der Waals surface area contributed by atoms with Crippen molar-refractivity contribution in [3.05, 3.63) is 30.1 Å². The number of para-hydroxylation sites is 1. The van der Waals surface area contributed by atoms with Crippen LogP contribution in [0.3, 0.4) is 0 Å². The number of nitrogens with zero attached hydrogens (tertiary/aromatic N) is 5. The summed E-state index contributed by atoms with van der Waals surface area (Å²) in [5.74, 6) is 1.67. The van der Waals surface area contributed by atoms with Gasteiger partial charge in [0, 0.05) is 38.2 Å². The molecule has 7 nitrogen and oxygen atoms in total.